The van der Waals surface area contributed by atoms with Crippen LogP contribution in [0.1, 0.15) is 38.5 Å². The van der Waals surface area contributed by atoms with E-state index in [1.807, 2.05) is 0 Å². The molecule has 1 unspecified atom stereocenters. The average molecular weight is 432 g/mol. The number of carboxylic acid groups (broad SMARTS) is 1. The number of nitrogens with zero attached hydrogens (tertiary/aromatic N) is 2. The Morgan fingerprint density at radius 3 is 2.59 bits per heavy atom. The van der Waals surface area contributed by atoms with E-state index in [1.165, 1.54) is 4.31 Å². The lowest BCUT2D eigenvalue weighted by Crippen LogP contribution is -2.57. The van der Waals surface area contributed by atoms with Crippen LogP contribution in [0.2, 0.25) is 6.32 Å². The van der Waals surface area contributed by atoms with Gasteiger partial charge < -0.3 is 26.2 Å². The Hall–Kier alpha value is -0.755. The first-order chi connectivity index (χ1) is 13.6. The van der Waals surface area contributed by atoms with Crippen molar-refractivity contribution < 1.29 is 28.4 Å². The molecule has 0 spiro atoms. The highest BCUT2D eigenvalue weighted by molar-refractivity contribution is 7.86. The van der Waals surface area contributed by atoms with E-state index in [0.29, 0.717) is 31.8 Å². The van der Waals surface area contributed by atoms with Crippen molar-refractivity contribution in [1.29, 1.82) is 0 Å². The standard InChI is InChI=1S/C17H33BN4O6S/c19-17(16(23)24)12-21(11-14(17)3-1-7-18(25)26)29(27,28)22(10-13-5-6-13)15-4-2-8-20-9-15/h13-15,20,25-26H,1-12,19H2,(H,23,24)/t14-,15?,17-/m0/s1. The van der Waals surface area contributed by atoms with Crippen molar-refractivity contribution in [2.24, 2.45) is 17.6 Å². The summed E-state index contributed by atoms with van der Waals surface area (Å²) < 4.78 is 29.9. The maximum Gasteiger partial charge on any atom is 0.451 e. The molecule has 3 atom stereocenters. The third-order valence-corrected chi connectivity index (χ3v) is 8.41. The smallest absolute Gasteiger partial charge is 0.451 e. The normalized spacial score (nSPS) is 31.3. The predicted molar refractivity (Wildman–Crippen MR) is 108 cm³/mol. The first kappa shape index (κ1) is 22.9. The van der Waals surface area contributed by atoms with E-state index in [9.17, 15) is 18.3 Å². The highest BCUT2D eigenvalue weighted by atomic mass is 32.2. The van der Waals surface area contributed by atoms with Gasteiger partial charge in [0.05, 0.1) is 0 Å². The molecule has 0 amide bonds. The molecule has 0 aromatic heterocycles. The van der Waals surface area contributed by atoms with Crippen LogP contribution >= 0.6 is 0 Å². The fraction of sp³-hybridized carbons (Fsp3) is 0.941. The van der Waals surface area contributed by atoms with Gasteiger partial charge in [-0.15, -0.1) is 0 Å². The van der Waals surface area contributed by atoms with Crippen molar-refractivity contribution in [1.82, 2.24) is 13.9 Å². The third kappa shape index (κ3) is 5.30. The zero-order chi connectivity index (χ0) is 21.2. The molecule has 1 saturated carbocycles. The van der Waals surface area contributed by atoms with Crippen molar-refractivity contribution in [3.63, 3.8) is 0 Å². The quantitative estimate of drug-likeness (QED) is 0.266. The molecule has 166 valence electrons. The third-order valence-electron chi connectivity index (χ3n) is 6.44. The lowest BCUT2D eigenvalue weighted by atomic mass is 9.78. The van der Waals surface area contributed by atoms with E-state index in [4.69, 9.17) is 15.8 Å². The molecule has 3 rings (SSSR count). The highest BCUT2D eigenvalue weighted by Crippen LogP contribution is 2.36. The molecular weight excluding hydrogens is 399 g/mol. The van der Waals surface area contributed by atoms with Gasteiger partial charge in [-0.2, -0.15) is 17.0 Å². The van der Waals surface area contributed by atoms with E-state index in [0.717, 1.165) is 32.2 Å². The SMILES string of the molecule is N[C@@]1(C(=O)O)CN(S(=O)(=O)N(CC2CC2)C2CCCNC2)C[C@@H]1CCCB(O)O. The second-order valence-electron chi connectivity index (χ2n) is 8.77. The predicted octanol–water partition coefficient (Wildman–Crippen LogP) is -1.34. The van der Waals surface area contributed by atoms with Crippen molar-refractivity contribution in [2.45, 2.75) is 56.4 Å². The number of aliphatic carboxylic acids is 1. The van der Waals surface area contributed by atoms with E-state index < -0.39 is 34.8 Å². The average Bonchev–Trinajstić information content (AvgIpc) is 3.42. The van der Waals surface area contributed by atoms with Gasteiger partial charge in [0.1, 0.15) is 5.54 Å². The number of piperidine rings is 1. The number of rotatable bonds is 10. The Morgan fingerprint density at radius 2 is 2.03 bits per heavy atom. The van der Waals surface area contributed by atoms with Crippen LogP contribution in [-0.4, -0.2) is 89.6 Å². The molecule has 2 saturated heterocycles. The minimum Gasteiger partial charge on any atom is -0.480 e. The van der Waals surface area contributed by atoms with Crippen LogP contribution < -0.4 is 11.1 Å². The lowest BCUT2D eigenvalue weighted by molar-refractivity contribution is -0.144. The zero-order valence-electron chi connectivity index (χ0n) is 16.7. The van der Waals surface area contributed by atoms with Crippen LogP contribution in [0.5, 0.6) is 0 Å². The number of nitrogens with one attached hydrogen (secondary N) is 1. The first-order valence-corrected chi connectivity index (χ1v) is 11.9. The van der Waals surface area contributed by atoms with Crippen LogP contribution in [0, 0.1) is 11.8 Å². The van der Waals surface area contributed by atoms with Gasteiger partial charge in [0.25, 0.3) is 10.2 Å². The lowest BCUT2D eigenvalue weighted by Gasteiger charge is -2.36. The van der Waals surface area contributed by atoms with Gasteiger partial charge >= 0.3 is 13.1 Å². The van der Waals surface area contributed by atoms with Crippen molar-refractivity contribution in [2.75, 3.05) is 32.7 Å². The molecule has 0 aromatic carbocycles. The van der Waals surface area contributed by atoms with Crippen LogP contribution in [0.15, 0.2) is 0 Å². The zero-order valence-corrected chi connectivity index (χ0v) is 17.6. The monoisotopic (exact) mass is 432 g/mol. The molecule has 0 radical (unpaired) electrons. The van der Waals surface area contributed by atoms with Crippen LogP contribution in [-0.2, 0) is 15.0 Å². The maximum atomic E-state index is 13.5. The molecule has 3 aliphatic rings. The summed E-state index contributed by atoms with van der Waals surface area (Å²) in [6.45, 7) is 1.72. The van der Waals surface area contributed by atoms with Crippen molar-refractivity contribution >= 4 is 23.3 Å². The fourth-order valence-corrected chi connectivity index (χ4v) is 6.42. The summed E-state index contributed by atoms with van der Waals surface area (Å²) in [7, 11) is -5.32. The van der Waals surface area contributed by atoms with Gasteiger partial charge in [-0.3, -0.25) is 4.79 Å². The molecule has 0 bridgehead atoms. The molecule has 29 heavy (non-hydrogen) atoms. The topological polar surface area (TPSA) is 156 Å². The Bertz CT molecular complexity index is 685. The number of carboxylic acids is 1. The maximum absolute atomic E-state index is 13.5. The second-order valence-corrected chi connectivity index (χ2v) is 10.6. The summed E-state index contributed by atoms with van der Waals surface area (Å²) in [5.74, 6) is -1.43. The first-order valence-electron chi connectivity index (χ1n) is 10.5. The van der Waals surface area contributed by atoms with Gasteiger partial charge in [0.15, 0.2) is 0 Å². The Kier molecular flexibility index (Phi) is 7.25. The minimum atomic E-state index is -3.85. The molecule has 0 aromatic rings. The number of nitrogens with two attached hydrogens (primary N) is 1. The van der Waals surface area contributed by atoms with Gasteiger partial charge in [0, 0.05) is 38.1 Å². The van der Waals surface area contributed by atoms with E-state index in [2.05, 4.69) is 5.32 Å². The summed E-state index contributed by atoms with van der Waals surface area (Å²) in [6.07, 6.45) is 4.52. The van der Waals surface area contributed by atoms with Crippen molar-refractivity contribution in [3.05, 3.63) is 0 Å². The summed E-state index contributed by atoms with van der Waals surface area (Å²) in [5.41, 5.74) is 4.50. The molecule has 10 nitrogen and oxygen atoms in total. The number of carbonyl (C=O) groups is 1. The summed E-state index contributed by atoms with van der Waals surface area (Å²) in [4.78, 5) is 11.9. The highest BCUT2D eigenvalue weighted by Gasteiger charge is 2.54. The van der Waals surface area contributed by atoms with Gasteiger partial charge in [0.2, 0.25) is 0 Å². The molecule has 6 N–H and O–H groups in total. The van der Waals surface area contributed by atoms with E-state index in [-0.39, 0.29) is 25.5 Å². The molecule has 3 fully saturated rings. The van der Waals surface area contributed by atoms with Crippen LogP contribution in [0.25, 0.3) is 0 Å². The van der Waals surface area contributed by atoms with E-state index >= 15 is 0 Å². The molecular formula is C17H33BN4O6S. The van der Waals surface area contributed by atoms with Crippen LogP contribution in [0.3, 0.4) is 0 Å². The van der Waals surface area contributed by atoms with Crippen molar-refractivity contribution in [3.8, 4) is 0 Å². The summed E-state index contributed by atoms with van der Waals surface area (Å²) >= 11 is 0. The van der Waals surface area contributed by atoms with Gasteiger partial charge in [-0.05, 0) is 50.9 Å². The Morgan fingerprint density at radius 1 is 1.31 bits per heavy atom. The summed E-state index contributed by atoms with van der Waals surface area (Å²) in [6, 6.07) is -0.130. The number of hydrogen-bond acceptors (Lipinski definition) is 7. The molecule has 1 aliphatic carbocycles. The minimum absolute atomic E-state index is 0.0357. The second kappa shape index (κ2) is 9.17. The largest absolute Gasteiger partial charge is 0.480 e. The van der Waals surface area contributed by atoms with Gasteiger partial charge in [-0.1, -0.05) is 6.42 Å². The molecule has 2 heterocycles. The Labute approximate surface area is 172 Å². The van der Waals surface area contributed by atoms with Crippen LogP contribution in [0.4, 0.5) is 0 Å². The molecule has 12 heteroatoms. The summed E-state index contributed by atoms with van der Waals surface area (Å²) in [5, 5.41) is 31.1. The molecule has 2 aliphatic heterocycles. The van der Waals surface area contributed by atoms with E-state index in [1.54, 1.807) is 4.31 Å². The van der Waals surface area contributed by atoms with Gasteiger partial charge in [-0.25, -0.2) is 0 Å². The number of hydrogen-bond donors (Lipinski definition) is 5. The Balaban J connectivity index is 1.77. The fourth-order valence-electron chi connectivity index (χ4n) is 4.42.